The number of pyridine rings is 4. The summed E-state index contributed by atoms with van der Waals surface area (Å²) in [5, 5.41) is 50.7. The van der Waals surface area contributed by atoms with Crippen LogP contribution in [0.4, 0.5) is 4.39 Å². The second kappa shape index (κ2) is 37.2. The summed E-state index contributed by atoms with van der Waals surface area (Å²) in [7, 11) is 5.97. The fourth-order valence-electron chi connectivity index (χ4n) is 7.81. The second-order valence-corrected chi connectivity index (χ2v) is 21.3. The fraction of sp³-hybridized carbons (Fsp3) is 0.262. The van der Waals surface area contributed by atoms with E-state index >= 15 is 0 Å². The van der Waals surface area contributed by atoms with Crippen molar-refractivity contribution in [2.45, 2.75) is 32.6 Å². The molecule has 8 aromatic rings. The first-order valence-corrected chi connectivity index (χ1v) is 29.7. The quantitative estimate of drug-likeness (QED) is 0.0270. The van der Waals surface area contributed by atoms with Gasteiger partial charge in [0.15, 0.2) is 23.0 Å². The number of aryl methyl sites for hydroxylation is 5. The molecule has 24 nitrogen and oxygen atoms in total. The smallest absolute Gasteiger partial charge is 0.293 e. The predicted octanol–water partition coefficient (Wildman–Crippen LogP) is 7.57. The number of carbonyl (C=O) groups excluding carboxylic acids is 4. The standard InChI is InChI=1S/C17H20N2O4.C16H16Cl2N2O4.C16H17ClN2O4.C16H17FN2O4/c1-12-5-3-6-13(11-12)23-10-4-8-18-16(21)14-7-9-19(2)17(22)15(14)20;1-20-7-5-11(14(21)16(20)23)15(22)19-6-2-8-24-10-3-4-12(17)13(18)9-10;1-19-9-7-11(14(20)16(19)22)15(21)18-8-4-10-23-13-6-3-2-5-12(13)17;1-19-8-6-13(14(20)16(19)22)15(21)18-7-3-9-23-12-5-2-4-11(17)10-12/h3,5-7,9,11,20H,4,8,10H2,1-2H3,(H,18,21);3-5,7,9,21H,2,6,8H2,1H3,(H,19,22);2-3,5-7,9,20H,4,8,10H2,1H3,(H,18,21);2,4-6,8,10,20H,3,7,9H2,1H3,(H,18,21). The summed E-state index contributed by atoms with van der Waals surface area (Å²) in [6.45, 7) is 4.85. The molecule has 494 valence electrons. The Balaban J connectivity index is 0.000000225. The molecule has 28 heteroatoms. The number of hydrogen-bond acceptors (Lipinski definition) is 16. The molecular formula is C65H70Cl3FN8O16. The molecule has 4 amide bonds. The van der Waals surface area contributed by atoms with Crippen molar-refractivity contribution in [2.75, 3.05) is 52.6 Å². The largest absolute Gasteiger partial charge is 0.502 e. The van der Waals surface area contributed by atoms with Gasteiger partial charge in [0.2, 0.25) is 0 Å². The molecule has 4 aromatic carbocycles. The second-order valence-electron chi connectivity index (χ2n) is 20.1. The van der Waals surface area contributed by atoms with Crippen molar-refractivity contribution >= 4 is 58.4 Å². The summed E-state index contributed by atoms with van der Waals surface area (Å²) in [6.07, 6.45) is 7.91. The Bertz CT molecular complexity index is 3990. The van der Waals surface area contributed by atoms with E-state index in [2.05, 4.69) is 21.3 Å². The molecule has 4 aromatic heterocycles. The highest BCUT2D eigenvalue weighted by Gasteiger charge is 2.18. The fourth-order valence-corrected chi connectivity index (χ4v) is 8.29. The Kier molecular flexibility index (Phi) is 29.4. The summed E-state index contributed by atoms with van der Waals surface area (Å²) < 4.78 is 39.6. The number of nitrogens with one attached hydrogen (secondary N) is 4. The molecule has 0 aliphatic heterocycles. The van der Waals surface area contributed by atoms with Crippen molar-refractivity contribution in [2.24, 2.45) is 28.2 Å². The Labute approximate surface area is 547 Å². The SMILES string of the molecule is Cc1cccc(OCCCNC(=O)c2ccn(C)c(=O)c2O)c1.Cn1ccc(C(=O)NCCCOc2ccc(Cl)c(Cl)c2)c(O)c1=O.Cn1ccc(C(=O)NCCCOc2cccc(F)c2)c(O)c1=O.Cn1ccc(C(=O)NCCCOc2ccccc2Cl)c(O)c1=O. The molecule has 4 heterocycles. The van der Waals surface area contributed by atoms with Crippen molar-refractivity contribution < 1.29 is 62.9 Å². The van der Waals surface area contributed by atoms with Crippen LogP contribution in [0.5, 0.6) is 46.0 Å². The van der Waals surface area contributed by atoms with E-state index in [0.717, 1.165) is 11.3 Å². The van der Waals surface area contributed by atoms with Crippen molar-refractivity contribution in [3.8, 4) is 46.0 Å². The van der Waals surface area contributed by atoms with E-state index in [9.17, 15) is 63.2 Å². The highest BCUT2D eigenvalue weighted by molar-refractivity contribution is 6.42. The number of aromatic nitrogens is 4. The zero-order valence-corrected chi connectivity index (χ0v) is 53.5. The monoisotopic (exact) mass is 1340 g/mol. The minimum atomic E-state index is -0.632. The predicted molar refractivity (Wildman–Crippen MR) is 349 cm³/mol. The van der Waals surface area contributed by atoms with Gasteiger partial charge in [0.1, 0.15) is 28.8 Å². The van der Waals surface area contributed by atoms with Crippen LogP contribution in [0.1, 0.15) is 72.7 Å². The van der Waals surface area contributed by atoms with Crippen LogP contribution in [0, 0.1) is 12.7 Å². The Morgan fingerprint density at radius 3 is 1.11 bits per heavy atom. The first-order valence-electron chi connectivity index (χ1n) is 28.6. The highest BCUT2D eigenvalue weighted by atomic mass is 35.5. The number of carbonyl (C=O) groups is 4. The van der Waals surface area contributed by atoms with Crippen molar-refractivity contribution in [1.82, 2.24) is 39.5 Å². The third kappa shape index (κ3) is 23.2. The Morgan fingerprint density at radius 2 is 0.753 bits per heavy atom. The molecule has 0 fully saturated rings. The maximum Gasteiger partial charge on any atom is 0.293 e. The van der Waals surface area contributed by atoms with Gasteiger partial charge in [0.25, 0.3) is 45.9 Å². The van der Waals surface area contributed by atoms with Crippen LogP contribution in [0.15, 0.2) is 159 Å². The van der Waals surface area contributed by atoms with Gasteiger partial charge in [-0.2, -0.15) is 0 Å². The van der Waals surface area contributed by atoms with Gasteiger partial charge in [0.05, 0.1) is 63.7 Å². The summed E-state index contributed by atoms with van der Waals surface area (Å²) in [5.74, 6) is -2.27. The van der Waals surface area contributed by atoms with Gasteiger partial charge in [-0.25, -0.2) is 4.39 Å². The van der Waals surface area contributed by atoms with Gasteiger partial charge in [-0.3, -0.25) is 38.4 Å². The van der Waals surface area contributed by atoms with Crippen LogP contribution in [-0.4, -0.2) is 115 Å². The zero-order chi connectivity index (χ0) is 68.1. The summed E-state index contributed by atoms with van der Waals surface area (Å²) >= 11 is 17.7. The van der Waals surface area contributed by atoms with Gasteiger partial charge >= 0.3 is 0 Å². The summed E-state index contributed by atoms with van der Waals surface area (Å²) in [4.78, 5) is 94.0. The lowest BCUT2D eigenvalue weighted by molar-refractivity contribution is 0.0939. The third-order valence-electron chi connectivity index (χ3n) is 13.0. The molecule has 0 unspecified atom stereocenters. The number of aromatic hydroxyl groups is 4. The summed E-state index contributed by atoms with van der Waals surface area (Å²) in [5.41, 5.74) is -1.52. The topological polar surface area (TPSA) is 322 Å². The first-order chi connectivity index (χ1) is 44.4. The maximum absolute atomic E-state index is 12.9. The van der Waals surface area contributed by atoms with Crippen LogP contribution in [-0.2, 0) is 28.2 Å². The Hall–Kier alpha value is -10.2. The number of nitrogens with zero attached hydrogens (tertiary/aromatic N) is 4. The van der Waals surface area contributed by atoms with Crippen molar-refractivity contribution in [3.63, 3.8) is 0 Å². The van der Waals surface area contributed by atoms with Gasteiger partial charge < -0.3 is 78.9 Å². The molecule has 0 aliphatic carbocycles. The average Bonchev–Trinajstić information content (AvgIpc) is 1.28. The first kappa shape index (κ1) is 73.5. The zero-order valence-electron chi connectivity index (χ0n) is 51.3. The van der Waals surface area contributed by atoms with Crippen LogP contribution < -0.4 is 62.5 Å². The molecule has 8 rings (SSSR count). The van der Waals surface area contributed by atoms with E-state index in [-0.39, 0.29) is 28.1 Å². The lowest BCUT2D eigenvalue weighted by Gasteiger charge is -2.09. The molecule has 0 aliphatic rings. The molecule has 93 heavy (non-hydrogen) atoms. The maximum atomic E-state index is 12.9. The van der Waals surface area contributed by atoms with E-state index in [1.165, 1.54) is 108 Å². The third-order valence-corrected chi connectivity index (χ3v) is 14.0. The lowest BCUT2D eigenvalue weighted by atomic mass is 10.2. The average molecular weight is 1340 g/mol. The van der Waals surface area contributed by atoms with Crippen LogP contribution in [0.3, 0.4) is 0 Å². The minimum absolute atomic E-state index is 0.0206. The normalized spacial score (nSPS) is 10.4. The van der Waals surface area contributed by atoms with Gasteiger partial charge in [-0.15, -0.1) is 0 Å². The number of ether oxygens (including phenoxy) is 4. The minimum Gasteiger partial charge on any atom is -0.502 e. The van der Waals surface area contributed by atoms with Crippen LogP contribution in [0.2, 0.25) is 15.1 Å². The van der Waals surface area contributed by atoms with E-state index in [4.69, 9.17) is 53.8 Å². The molecular weight excluding hydrogens is 1270 g/mol. The van der Waals surface area contributed by atoms with Crippen LogP contribution in [0.25, 0.3) is 0 Å². The number of amides is 4. The van der Waals surface area contributed by atoms with E-state index < -0.39 is 68.9 Å². The molecule has 0 bridgehead atoms. The summed E-state index contributed by atoms with van der Waals surface area (Å²) in [6, 6.07) is 31.2. The van der Waals surface area contributed by atoms with E-state index in [1.54, 1.807) is 42.5 Å². The van der Waals surface area contributed by atoms with Gasteiger partial charge in [-0.05, 0) is 111 Å². The molecule has 0 spiro atoms. The lowest BCUT2D eigenvalue weighted by Crippen LogP contribution is -2.28. The Morgan fingerprint density at radius 1 is 0.409 bits per heavy atom. The van der Waals surface area contributed by atoms with E-state index in [1.807, 2.05) is 43.3 Å². The van der Waals surface area contributed by atoms with Crippen LogP contribution >= 0.6 is 34.8 Å². The molecule has 0 atom stereocenters. The van der Waals surface area contributed by atoms with E-state index in [0.29, 0.717) is 111 Å². The molecule has 0 radical (unpaired) electrons. The van der Waals surface area contributed by atoms with Crippen molar-refractivity contribution in [1.29, 1.82) is 0 Å². The number of rotatable bonds is 24. The number of hydrogen-bond donors (Lipinski definition) is 8. The molecule has 0 saturated heterocycles. The number of halogens is 4. The van der Waals surface area contributed by atoms with Crippen molar-refractivity contribution in [3.05, 3.63) is 230 Å². The number of benzene rings is 4. The molecule has 0 saturated carbocycles. The van der Waals surface area contributed by atoms with Gasteiger partial charge in [0, 0.05) is 91.3 Å². The molecule has 8 N–H and O–H groups in total. The highest BCUT2D eigenvalue weighted by Crippen LogP contribution is 2.27. The number of para-hydroxylation sites is 1. The van der Waals surface area contributed by atoms with Gasteiger partial charge in [-0.1, -0.05) is 65.1 Å².